The van der Waals surface area contributed by atoms with Gasteiger partial charge in [-0.25, -0.2) is 0 Å². The highest BCUT2D eigenvalue weighted by molar-refractivity contribution is 6.32. The molecule has 0 saturated heterocycles. The molecule has 1 amide bonds. The molecule has 128 valence electrons. The van der Waals surface area contributed by atoms with Crippen molar-refractivity contribution in [2.75, 3.05) is 32.2 Å². The van der Waals surface area contributed by atoms with E-state index in [-0.39, 0.29) is 12.5 Å². The molecule has 6 heteroatoms. The number of carbonyl (C=O) groups is 1. The van der Waals surface area contributed by atoms with Gasteiger partial charge in [0.15, 0.2) is 5.75 Å². The van der Waals surface area contributed by atoms with Gasteiger partial charge in [-0.05, 0) is 17.7 Å². The lowest BCUT2D eigenvalue weighted by Crippen LogP contribution is -2.29. The first-order valence-corrected chi connectivity index (χ1v) is 8.03. The van der Waals surface area contributed by atoms with E-state index in [1.807, 2.05) is 36.4 Å². The number of amides is 1. The standard InChI is InChI=1S/C18H21ClN2O3/c1-23-10-11-24-18-15(19)8-5-9-16(18)20-13-17(22)21-12-14-6-3-2-4-7-14/h2-9,20H,10-13H2,1H3,(H,21,22). The molecule has 24 heavy (non-hydrogen) atoms. The van der Waals surface area contributed by atoms with Crippen LogP contribution in [0.5, 0.6) is 5.75 Å². The van der Waals surface area contributed by atoms with Crippen molar-refractivity contribution in [1.82, 2.24) is 5.32 Å². The number of hydrogen-bond donors (Lipinski definition) is 2. The molecule has 5 nitrogen and oxygen atoms in total. The maximum absolute atomic E-state index is 12.0. The average molecular weight is 349 g/mol. The Bertz CT molecular complexity index is 650. The molecule has 2 rings (SSSR count). The van der Waals surface area contributed by atoms with E-state index in [0.29, 0.717) is 36.2 Å². The van der Waals surface area contributed by atoms with Crippen molar-refractivity contribution < 1.29 is 14.3 Å². The lowest BCUT2D eigenvalue weighted by atomic mass is 10.2. The predicted octanol–water partition coefficient (Wildman–Crippen LogP) is 3.09. The number of carbonyl (C=O) groups excluding carboxylic acids is 1. The number of para-hydroxylation sites is 1. The van der Waals surface area contributed by atoms with Crippen LogP contribution in [0.1, 0.15) is 5.56 Å². The molecule has 0 aliphatic rings. The number of hydrogen-bond acceptors (Lipinski definition) is 4. The van der Waals surface area contributed by atoms with Gasteiger partial charge in [0.2, 0.25) is 5.91 Å². The smallest absolute Gasteiger partial charge is 0.239 e. The van der Waals surface area contributed by atoms with Gasteiger partial charge in [-0.3, -0.25) is 4.79 Å². The van der Waals surface area contributed by atoms with Crippen LogP contribution < -0.4 is 15.4 Å². The van der Waals surface area contributed by atoms with E-state index in [1.54, 1.807) is 19.2 Å². The number of anilines is 1. The van der Waals surface area contributed by atoms with E-state index >= 15 is 0 Å². The molecule has 0 saturated carbocycles. The monoisotopic (exact) mass is 348 g/mol. The third kappa shape index (κ3) is 5.76. The van der Waals surface area contributed by atoms with Gasteiger partial charge in [0.1, 0.15) is 6.61 Å². The van der Waals surface area contributed by atoms with Crippen LogP contribution in [0.4, 0.5) is 5.69 Å². The fourth-order valence-electron chi connectivity index (χ4n) is 2.06. The summed E-state index contributed by atoms with van der Waals surface area (Å²) in [5, 5.41) is 6.40. The molecule has 0 heterocycles. The Hall–Kier alpha value is -2.24. The summed E-state index contributed by atoms with van der Waals surface area (Å²) in [6.07, 6.45) is 0. The van der Waals surface area contributed by atoms with Crippen molar-refractivity contribution in [1.29, 1.82) is 0 Å². The van der Waals surface area contributed by atoms with Crippen molar-refractivity contribution >= 4 is 23.2 Å². The van der Waals surface area contributed by atoms with Crippen LogP contribution >= 0.6 is 11.6 Å². The number of benzene rings is 2. The SMILES string of the molecule is COCCOc1c(Cl)cccc1NCC(=O)NCc1ccccc1. The summed E-state index contributed by atoms with van der Waals surface area (Å²) in [4.78, 5) is 12.0. The van der Waals surface area contributed by atoms with E-state index in [4.69, 9.17) is 21.1 Å². The zero-order valence-corrected chi connectivity index (χ0v) is 14.3. The quantitative estimate of drug-likeness (QED) is 0.684. The van der Waals surface area contributed by atoms with Gasteiger partial charge in [-0.1, -0.05) is 48.0 Å². The molecule has 2 N–H and O–H groups in total. The molecule has 0 aromatic heterocycles. The molecule has 0 unspecified atom stereocenters. The first kappa shape index (κ1) is 18.1. The highest BCUT2D eigenvalue weighted by atomic mass is 35.5. The molecule has 0 radical (unpaired) electrons. The van der Waals surface area contributed by atoms with Gasteiger partial charge < -0.3 is 20.1 Å². The lowest BCUT2D eigenvalue weighted by Gasteiger charge is -2.14. The second-order valence-corrected chi connectivity index (χ2v) is 5.48. The second kappa shape index (κ2) is 9.80. The minimum atomic E-state index is -0.110. The summed E-state index contributed by atoms with van der Waals surface area (Å²) in [6.45, 7) is 1.47. The molecule has 0 aliphatic carbocycles. The Morgan fingerprint density at radius 1 is 1.08 bits per heavy atom. The third-order valence-electron chi connectivity index (χ3n) is 3.27. The van der Waals surface area contributed by atoms with Crippen LogP contribution in [-0.4, -0.2) is 32.8 Å². The van der Waals surface area contributed by atoms with Crippen LogP contribution in [0.3, 0.4) is 0 Å². The van der Waals surface area contributed by atoms with Crippen molar-refractivity contribution in [3.05, 3.63) is 59.1 Å². The van der Waals surface area contributed by atoms with Gasteiger partial charge in [-0.2, -0.15) is 0 Å². The van der Waals surface area contributed by atoms with Crippen molar-refractivity contribution in [3.63, 3.8) is 0 Å². The molecule has 2 aromatic rings. The van der Waals surface area contributed by atoms with Crippen molar-refractivity contribution in [3.8, 4) is 5.75 Å². The first-order chi connectivity index (χ1) is 11.7. The second-order valence-electron chi connectivity index (χ2n) is 5.07. The van der Waals surface area contributed by atoms with E-state index in [1.165, 1.54) is 0 Å². The highest BCUT2D eigenvalue weighted by Crippen LogP contribution is 2.32. The zero-order valence-electron chi connectivity index (χ0n) is 13.5. The average Bonchev–Trinajstić information content (AvgIpc) is 2.61. The maximum atomic E-state index is 12.0. The highest BCUT2D eigenvalue weighted by Gasteiger charge is 2.10. The van der Waals surface area contributed by atoms with E-state index in [0.717, 1.165) is 5.56 Å². The minimum Gasteiger partial charge on any atom is -0.487 e. The van der Waals surface area contributed by atoms with Gasteiger partial charge >= 0.3 is 0 Å². The summed E-state index contributed by atoms with van der Waals surface area (Å²) < 4.78 is 10.6. The topological polar surface area (TPSA) is 59.6 Å². The minimum absolute atomic E-state index is 0.110. The summed E-state index contributed by atoms with van der Waals surface area (Å²) in [7, 11) is 1.60. The predicted molar refractivity (Wildman–Crippen MR) is 95.6 cm³/mol. The number of halogens is 1. The van der Waals surface area contributed by atoms with Gasteiger partial charge in [0.05, 0.1) is 23.9 Å². The van der Waals surface area contributed by atoms with Gasteiger partial charge in [-0.15, -0.1) is 0 Å². The van der Waals surface area contributed by atoms with Gasteiger partial charge in [0, 0.05) is 13.7 Å². The Morgan fingerprint density at radius 3 is 2.62 bits per heavy atom. The Morgan fingerprint density at radius 2 is 1.88 bits per heavy atom. The Kier molecular flexibility index (Phi) is 7.39. The molecule has 0 aliphatic heterocycles. The Labute approximate surface area is 146 Å². The number of methoxy groups -OCH3 is 1. The third-order valence-corrected chi connectivity index (χ3v) is 3.57. The lowest BCUT2D eigenvalue weighted by molar-refractivity contribution is -0.119. The Balaban J connectivity index is 1.86. The summed E-state index contributed by atoms with van der Waals surface area (Å²) in [5.41, 5.74) is 1.73. The van der Waals surface area contributed by atoms with Crippen LogP contribution in [0.15, 0.2) is 48.5 Å². The first-order valence-electron chi connectivity index (χ1n) is 7.65. The molecule has 0 spiro atoms. The van der Waals surface area contributed by atoms with Crippen LogP contribution in [0.2, 0.25) is 5.02 Å². The zero-order chi connectivity index (χ0) is 17.2. The molecular weight excluding hydrogens is 328 g/mol. The van der Waals surface area contributed by atoms with E-state index < -0.39 is 0 Å². The van der Waals surface area contributed by atoms with Crippen molar-refractivity contribution in [2.24, 2.45) is 0 Å². The largest absolute Gasteiger partial charge is 0.487 e. The summed E-state index contributed by atoms with van der Waals surface area (Å²) in [5.74, 6) is 0.411. The van der Waals surface area contributed by atoms with Crippen molar-refractivity contribution in [2.45, 2.75) is 6.54 Å². The van der Waals surface area contributed by atoms with Gasteiger partial charge in [0.25, 0.3) is 0 Å². The molecular formula is C18H21ClN2O3. The van der Waals surface area contributed by atoms with Crippen LogP contribution in [-0.2, 0) is 16.1 Å². The number of ether oxygens (including phenoxy) is 2. The number of rotatable bonds is 9. The summed E-state index contributed by atoms with van der Waals surface area (Å²) in [6, 6.07) is 15.1. The fraction of sp³-hybridized carbons (Fsp3) is 0.278. The van der Waals surface area contributed by atoms with Crippen LogP contribution in [0.25, 0.3) is 0 Å². The maximum Gasteiger partial charge on any atom is 0.239 e. The fourth-order valence-corrected chi connectivity index (χ4v) is 2.29. The summed E-state index contributed by atoms with van der Waals surface area (Å²) >= 11 is 6.16. The molecule has 0 atom stereocenters. The van der Waals surface area contributed by atoms with E-state index in [9.17, 15) is 4.79 Å². The number of nitrogens with one attached hydrogen (secondary N) is 2. The molecule has 0 bridgehead atoms. The molecule has 0 fully saturated rings. The molecule has 2 aromatic carbocycles. The normalized spacial score (nSPS) is 10.2. The van der Waals surface area contributed by atoms with E-state index in [2.05, 4.69) is 10.6 Å². The van der Waals surface area contributed by atoms with Crippen LogP contribution in [0, 0.1) is 0 Å².